The summed E-state index contributed by atoms with van der Waals surface area (Å²) in [6.07, 6.45) is 1.14. The molecule has 0 saturated carbocycles. The van der Waals surface area contributed by atoms with Gasteiger partial charge >= 0.3 is 0 Å². The maximum Gasteiger partial charge on any atom is 0.220 e. The van der Waals surface area contributed by atoms with Gasteiger partial charge in [0.2, 0.25) is 5.91 Å². The summed E-state index contributed by atoms with van der Waals surface area (Å²) in [5, 5.41) is 5.47. The van der Waals surface area contributed by atoms with E-state index in [4.69, 9.17) is 9.47 Å². The van der Waals surface area contributed by atoms with E-state index >= 15 is 0 Å². The topological polar surface area (TPSA) is 47.6 Å². The number of fused-ring (bicyclic) bond motifs is 1. The molecule has 0 aromatic heterocycles. The fourth-order valence-electron chi connectivity index (χ4n) is 3.33. The SMILES string of the molecule is COc1ccc(OC)c([C@@H](C)NC(=O)CCc2cccc3ccccc23)c1. The molecule has 0 fully saturated rings. The molecule has 4 nitrogen and oxygen atoms in total. The number of amides is 1. The maximum absolute atomic E-state index is 12.5. The number of hydrogen-bond acceptors (Lipinski definition) is 3. The molecule has 0 heterocycles. The van der Waals surface area contributed by atoms with Crippen molar-refractivity contribution in [2.45, 2.75) is 25.8 Å². The van der Waals surface area contributed by atoms with E-state index in [1.165, 1.54) is 16.3 Å². The molecule has 3 aromatic rings. The van der Waals surface area contributed by atoms with Crippen molar-refractivity contribution in [2.75, 3.05) is 14.2 Å². The highest BCUT2D eigenvalue weighted by atomic mass is 16.5. The first-order chi connectivity index (χ1) is 13.1. The third-order valence-corrected chi connectivity index (χ3v) is 4.78. The lowest BCUT2D eigenvalue weighted by molar-refractivity contribution is -0.121. The quantitative estimate of drug-likeness (QED) is 0.664. The Kier molecular flexibility index (Phi) is 5.97. The van der Waals surface area contributed by atoms with Crippen LogP contribution >= 0.6 is 0 Å². The van der Waals surface area contributed by atoms with Gasteiger partial charge in [-0.1, -0.05) is 42.5 Å². The van der Waals surface area contributed by atoms with Gasteiger partial charge in [0.25, 0.3) is 0 Å². The van der Waals surface area contributed by atoms with Crippen LogP contribution in [0.15, 0.2) is 60.7 Å². The van der Waals surface area contributed by atoms with E-state index in [0.717, 1.165) is 17.1 Å². The van der Waals surface area contributed by atoms with E-state index in [2.05, 4.69) is 29.6 Å². The Balaban J connectivity index is 1.67. The van der Waals surface area contributed by atoms with Crippen molar-refractivity contribution in [1.29, 1.82) is 0 Å². The first-order valence-corrected chi connectivity index (χ1v) is 9.10. The van der Waals surface area contributed by atoms with Gasteiger partial charge in [-0.15, -0.1) is 0 Å². The van der Waals surface area contributed by atoms with Crippen LogP contribution in [0.1, 0.15) is 30.5 Å². The Labute approximate surface area is 160 Å². The van der Waals surface area contributed by atoms with Crippen molar-refractivity contribution in [3.63, 3.8) is 0 Å². The number of hydrogen-bond donors (Lipinski definition) is 1. The maximum atomic E-state index is 12.5. The molecule has 0 spiro atoms. The normalized spacial score (nSPS) is 11.8. The smallest absolute Gasteiger partial charge is 0.220 e. The number of aryl methyl sites for hydroxylation is 1. The number of nitrogens with one attached hydrogen (secondary N) is 1. The first-order valence-electron chi connectivity index (χ1n) is 9.10. The van der Waals surface area contributed by atoms with Crippen LogP contribution in [0.5, 0.6) is 11.5 Å². The van der Waals surface area contributed by atoms with Crippen molar-refractivity contribution in [1.82, 2.24) is 5.32 Å². The highest BCUT2D eigenvalue weighted by Crippen LogP contribution is 2.29. The number of carbonyl (C=O) groups is 1. The average Bonchev–Trinajstić information content (AvgIpc) is 2.71. The van der Waals surface area contributed by atoms with Gasteiger partial charge in [0.15, 0.2) is 0 Å². The molecule has 140 valence electrons. The first kappa shape index (κ1) is 18.8. The molecule has 0 saturated heterocycles. The third-order valence-electron chi connectivity index (χ3n) is 4.78. The predicted molar refractivity (Wildman–Crippen MR) is 108 cm³/mol. The van der Waals surface area contributed by atoms with Gasteiger partial charge in [-0.25, -0.2) is 0 Å². The van der Waals surface area contributed by atoms with Crippen molar-refractivity contribution >= 4 is 16.7 Å². The number of benzene rings is 3. The molecule has 4 heteroatoms. The fraction of sp³-hybridized carbons (Fsp3) is 0.261. The molecular weight excluding hydrogens is 338 g/mol. The summed E-state index contributed by atoms with van der Waals surface area (Å²) in [5.74, 6) is 1.49. The largest absolute Gasteiger partial charge is 0.497 e. The molecule has 0 unspecified atom stereocenters. The lowest BCUT2D eigenvalue weighted by Gasteiger charge is -2.18. The minimum absolute atomic E-state index is 0.0142. The molecule has 1 N–H and O–H groups in total. The Morgan fingerprint density at radius 2 is 1.78 bits per heavy atom. The van der Waals surface area contributed by atoms with E-state index in [0.29, 0.717) is 12.8 Å². The summed E-state index contributed by atoms with van der Waals surface area (Å²) in [6, 6.07) is 19.9. The lowest BCUT2D eigenvalue weighted by Crippen LogP contribution is -2.27. The third kappa shape index (κ3) is 4.40. The van der Waals surface area contributed by atoms with Gasteiger partial charge in [0.05, 0.1) is 20.3 Å². The zero-order chi connectivity index (χ0) is 19.2. The van der Waals surface area contributed by atoms with Gasteiger partial charge in [-0.05, 0) is 47.9 Å². The van der Waals surface area contributed by atoms with Crippen molar-refractivity contribution in [3.8, 4) is 11.5 Å². The van der Waals surface area contributed by atoms with Crippen molar-refractivity contribution in [2.24, 2.45) is 0 Å². The summed E-state index contributed by atoms with van der Waals surface area (Å²) in [6.45, 7) is 1.95. The number of rotatable bonds is 7. The van der Waals surface area contributed by atoms with Gasteiger partial charge in [0, 0.05) is 12.0 Å². The van der Waals surface area contributed by atoms with Crippen LogP contribution in [0.25, 0.3) is 10.8 Å². The fourth-order valence-corrected chi connectivity index (χ4v) is 3.33. The molecule has 3 rings (SSSR count). The molecule has 0 aliphatic rings. The minimum Gasteiger partial charge on any atom is -0.497 e. The molecular formula is C23H25NO3. The molecule has 0 bridgehead atoms. The van der Waals surface area contributed by atoms with Crippen LogP contribution in [-0.2, 0) is 11.2 Å². The number of methoxy groups -OCH3 is 2. The van der Waals surface area contributed by atoms with Gasteiger partial charge in [-0.3, -0.25) is 4.79 Å². The molecule has 0 radical (unpaired) electrons. The summed E-state index contributed by atoms with van der Waals surface area (Å²) in [4.78, 5) is 12.5. The highest BCUT2D eigenvalue weighted by molar-refractivity contribution is 5.86. The second-order valence-corrected chi connectivity index (χ2v) is 6.54. The molecule has 1 amide bonds. The predicted octanol–water partition coefficient (Wildman–Crippen LogP) is 4.67. The Hall–Kier alpha value is -3.01. The van der Waals surface area contributed by atoms with Crippen LogP contribution in [0, 0.1) is 0 Å². The summed E-state index contributed by atoms with van der Waals surface area (Å²) in [7, 11) is 3.25. The van der Waals surface area contributed by atoms with E-state index in [-0.39, 0.29) is 11.9 Å². The van der Waals surface area contributed by atoms with Crippen molar-refractivity contribution < 1.29 is 14.3 Å². The highest BCUT2D eigenvalue weighted by Gasteiger charge is 2.15. The van der Waals surface area contributed by atoms with Gasteiger partial charge in [0.1, 0.15) is 11.5 Å². The zero-order valence-electron chi connectivity index (χ0n) is 16.0. The summed E-state index contributed by atoms with van der Waals surface area (Å²) < 4.78 is 10.7. The molecule has 1 atom stereocenters. The van der Waals surface area contributed by atoms with Crippen LogP contribution in [0.4, 0.5) is 0 Å². The lowest BCUT2D eigenvalue weighted by atomic mass is 10.0. The van der Waals surface area contributed by atoms with E-state index in [1.54, 1.807) is 14.2 Å². The second kappa shape index (κ2) is 8.58. The standard InChI is InChI=1S/C23H25NO3/c1-16(21-15-19(26-2)12-13-22(21)27-3)24-23(25)14-11-18-9-6-8-17-7-4-5-10-20(17)18/h4-10,12-13,15-16H,11,14H2,1-3H3,(H,24,25)/t16-/m1/s1. The zero-order valence-corrected chi connectivity index (χ0v) is 16.0. The Morgan fingerprint density at radius 3 is 2.56 bits per heavy atom. The molecule has 27 heavy (non-hydrogen) atoms. The second-order valence-electron chi connectivity index (χ2n) is 6.54. The summed E-state index contributed by atoms with van der Waals surface area (Å²) >= 11 is 0. The van der Waals surface area contributed by atoms with Crippen LogP contribution < -0.4 is 14.8 Å². The minimum atomic E-state index is -0.171. The average molecular weight is 363 g/mol. The molecule has 0 aliphatic carbocycles. The van der Waals surface area contributed by atoms with Gasteiger partial charge < -0.3 is 14.8 Å². The van der Waals surface area contributed by atoms with Crippen LogP contribution in [0.3, 0.4) is 0 Å². The van der Waals surface area contributed by atoms with E-state index < -0.39 is 0 Å². The molecule has 0 aliphatic heterocycles. The van der Waals surface area contributed by atoms with Gasteiger partial charge in [-0.2, -0.15) is 0 Å². The number of ether oxygens (including phenoxy) is 2. The summed E-state index contributed by atoms with van der Waals surface area (Å²) in [5.41, 5.74) is 2.09. The van der Waals surface area contributed by atoms with Crippen LogP contribution in [0.2, 0.25) is 0 Å². The van der Waals surface area contributed by atoms with E-state index in [1.807, 2.05) is 43.3 Å². The number of carbonyl (C=O) groups excluding carboxylic acids is 1. The van der Waals surface area contributed by atoms with Crippen LogP contribution in [-0.4, -0.2) is 20.1 Å². The Bertz CT molecular complexity index is 931. The van der Waals surface area contributed by atoms with E-state index in [9.17, 15) is 4.79 Å². The monoisotopic (exact) mass is 363 g/mol. The van der Waals surface area contributed by atoms with Crippen molar-refractivity contribution in [3.05, 3.63) is 71.8 Å². The Morgan fingerprint density at radius 1 is 1.00 bits per heavy atom. The molecule has 3 aromatic carbocycles.